The zero-order chi connectivity index (χ0) is 18.1. The number of likely N-dealkylation sites (tertiary alicyclic amines) is 1. The number of nitrogens with zero attached hydrogens (tertiary/aromatic N) is 4. The van der Waals surface area contributed by atoms with Gasteiger partial charge in [-0.1, -0.05) is 0 Å². The Bertz CT molecular complexity index is 541. The van der Waals surface area contributed by atoms with Crippen molar-refractivity contribution in [2.45, 2.75) is 26.7 Å². The third-order valence-electron chi connectivity index (χ3n) is 4.44. The van der Waals surface area contributed by atoms with Gasteiger partial charge in [0.25, 0.3) is 0 Å². The monoisotopic (exact) mass is 348 g/mol. The van der Waals surface area contributed by atoms with Crippen LogP contribution in [0.1, 0.15) is 26.7 Å². The number of piperidine rings is 1. The Morgan fingerprint density at radius 1 is 1.16 bits per heavy atom. The van der Waals surface area contributed by atoms with Crippen molar-refractivity contribution in [1.82, 2.24) is 25.1 Å². The Labute approximate surface area is 149 Å². The van der Waals surface area contributed by atoms with Gasteiger partial charge in [-0.25, -0.2) is 14.8 Å². The summed E-state index contributed by atoms with van der Waals surface area (Å²) in [6.07, 6.45) is 4.77. The van der Waals surface area contributed by atoms with Gasteiger partial charge >= 0.3 is 6.03 Å². The van der Waals surface area contributed by atoms with E-state index in [0.29, 0.717) is 58.1 Å². The molecule has 0 aromatic carbocycles. The lowest BCUT2D eigenvalue weighted by atomic mass is 9.96. The molecule has 2 rings (SSSR count). The summed E-state index contributed by atoms with van der Waals surface area (Å²) < 4.78 is 0. The molecule has 1 saturated heterocycles. The molecule has 1 aromatic heterocycles. The van der Waals surface area contributed by atoms with Crippen molar-refractivity contribution in [2.24, 2.45) is 5.92 Å². The molecule has 1 fully saturated rings. The summed E-state index contributed by atoms with van der Waals surface area (Å²) in [5, 5.41) is 6.00. The standard InChI is InChI=1S/C17H28N6O2/c1-3-22(4-2)17(25)23-12-6-14(7-13-23)15(24)18-10-11-21-16-19-8-5-9-20-16/h5,8-9,14H,3-4,6-7,10-13H2,1-2H3,(H,18,24)(H,19,20,21). The molecular weight excluding hydrogens is 320 g/mol. The van der Waals surface area contributed by atoms with Crippen molar-refractivity contribution < 1.29 is 9.59 Å². The first-order chi connectivity index (χ1) is 12.2. The van der Waals surface area contributed by atoms with E-state index < -0.39 is 0 Å². The molecule has 0 radical (unpaired) electrons. The third kappa shape index (κ3) is 5.58. The van der Waals surface area contributed by atoms with Gasteiger partial charge in [0, 0.05) is 57.6 Å². The number of anilines is 1. The molecule has 25 heavy (non-hydrogen) atoms. The highest BCUT2D eigenvalue weighted by Gasteiger charge is 2.28. The van der Waals surface area contributed by atoms with E-state index in [2.05, 4.69) is 20.6 Å². The van der Waals surface area contributed by atoms with Crippen LogP contribution in [0.25, 0.3) is 0 Å². The van der Waals surface area contributed by atoms with Crippen LogP contribution in [-0.4, -0.2) is 71.0 Å². The summed E-state index contributed by atoms with van der Waals surface area (Å²) in [5.74, 6) is 0.597. The van der Waals surface area contributed by atoms with Gasteiger partial charge < -0.3 is 20.4 Å². The van der Waals surface area contributed by atoms with Crippen molar-refractivity contribution in [3.63, 3.8) is 0 Å². The lowest BCUT2D eigenvalue weighted by Crippen LogP contribution is -2.48. The van der Waals surface area contributed by atoms with Crippen molar-refractivity contribution in [3.05, 3.63) is 18.5 Å². The molecule has 1 aliphatic rings. The second-order valence-corrected chi connectivity index (χ2v) is 6.01. The van der Waals surface area contributed by atoms with Crippen LogP contribution in [0.3, 0.4) is 0 Å². The summed E-state index contributed by atoms with van der Waals surface area (Å²) in [6, 6.07) is 1.83. The topological polar surface area (TPSA) is 90.5 Å². The molecule has 138 valence electrons. The van der Waals surface area contributed by atoms with Crippen LogP contribution in [0.2, 0.25) is 0 Å². The molecule has 1 aromatic rings. The molecule has 0 aliphatic carbocycles. The van der Waals surface area contributed by atoms with Crippen molar-refractivity contribution in [2.75, 3.05) is 44.6 Å². The predicted molar refractivity (Wildman–Crippen MR) is 96.1 cm³/mol. The summed E-state index contributed by atoms with van der Waals surface area (Å²) in [4.78, 5) is 36.4. The number of carbonyl (C=O) groups excluding carboxylic acids is 2. The lowest BCUT2D eigenvalue weighted by molar-refractivity contribution is -0.126. The van der Waals surface area contributed by atoms with Crippen LogP contribution < -0.4 is 10.6 Å². The van der Waals surface area contributed by atoms with E-state index in [1.165, 1.54) is 0 Å². The summed E-state index contributed by atoms with van der Waals surface area (Å²) in [6.45, 7) is 7.78. The van der Waals surface area contributed by atoms with Gasteiger partial charge in [-0.05, 0) is 32.8 Å². The Hall–Kier alpha value is -2.38. The number of nitrogens with one attached hydrogen (secondary N) is 2. The van der Waals surface area contributed by atoms with E-state index in [-0.39, 0.29) is 17.9 Å². The van der Waals surface area contributed by atoms with Crippen LogP contribution >= 0.6 is 0 Å². The van der Waals surface area contributed by atoms with Crippen LogP contribution in [0.5, 0.6) is 0 Å². The number of rotatable bonds is 7. The second-order valence-electron chi connectivity index (χ2n) is 6.01. The fourth-order valence-corrected chi connectivity index (χ4v) is 2.92. The Morgan fingerprint density at radius 2 is 1.80 bits per heavy atom. The number of carbonyl (C=O) groups is 2. The van der Waals surface area contributed by atoms with Crippen LogP contribution in [-0.2, 0) is 4.79 Å². The SMILES string of the molecule is CCN(CC)C(=O)N1CCC(C(=O)NCCNc2ncccn2)CC1. The summed E-state index contributed by atoms with van der Waals surface area (Å²) in [5.41, 5.74) is 0. The zero-order valence-corrected chi connectivity index (χ0v) is 15.1. The molecule has 2 heterocycles. The Kier molecular flexibility index (Phi) is 7.43. The first kappa shape index (κ1) is 19.0. The summed E-state index contributed by atoms with van der Waals surface area (Å²) in [7, 11) is 0. The maximum atomic E-state index is 12.3. The van der Waals surface area contributed by atoms with Crippen LogP contribution in [0.15, 0.2) is 18.5 Å². The van der Waals surface area contributed by atoms with E-state index in [1.807, 2.05) is 23.6 Å². The quantitative estimate of drug-likeness (QED) is 0.722. The first-order valence-corrected chi connectivity index (χ1v) is 8.98. The van der Waals surface area contributed by atoms with E-state index in [9.17, 15) is 9.59 Å². The van der Waals surface area contributed by atoms with E-state index in [1.54, 1.807) is 18.5 Å². The minimum atomic E-state index is -0.0197. The molecule has 8 heteroatoms. The largest absolute Gasteiger partial charge is 0.354 e. The first-order valence-electron chi connectivity index (χ1n) is 8.98. The van der Waals surface area contributed by atoms with Gasteiger partial charge in [-0.3, -0.25) is 4.79 Å². The molecule has 3 amide bonds. The van der Waals surface area contributed by atoms with Crippen LogP contribution in [0, 0.1) is 5.92 Å². The number of urea groups is 1. The number of hydrogen-bond donors (Lipinski definition) is 2. The van der Waals surface area contributed by atoms with E-state index in [4.69, 9.17) is 0 Å². The van der Waals surface area contributed by atoms with Gasteiger partial charge in [-0.15, -0.1) is 0 Å². The molecule has 0 unspecified atom stereocenters. The smallest absolute Gasteiger partial charge is 0.319 e. The third-order valence-corrected chi connectivity index (χ3v) is 4.44. The fourth-order valence-electron chi connectivity index (χ4n) is 2.92. The minimum Gasteiger partial charge on any atom is -0.354 e. The molecule has 0 saturated carbocycles. The van der Waals surface area contributed by atoms with Gasteiger partial charge in [-0.2, -0.15) is 0 Å². The molecule has 0 atom stereocenters. The average molecular weight is 348 g/mol. The van der Waals surface area contributed by atoms with Crippen molar-refractivity contribution in [1.29, 1.82) is 0 Å². The molecular formula is C17H28N6O2. The maximum Gasteiger partial charge on any atom is 0.319 e. The number of hydrogen-bond acceptors (Lipinski definition) is 5. The average Bonchev–Trinajstić information content (AvgIpc) is 2.67. The molecule has 0 bridgehead atoms. The highest BCUT2D eigenvalue weighted by molar-refractivity contribution is 5.79. The summed E-state index contributed by atoms with van der Waals surface area (Å²) >= 11 is 0. The van der Waals surface area contributed by atoms with Gasteiger partial charge in [0.15, 0.2) is 0 Å². The molecule has 8 nitrogen and oxygen atoms in total. The minimum absolute atomic E-state index is 0.0197. The molecule has 0 spiro atoms. The maximum absolute atomic E-state index is 12.3. The van der Waals surface area contributed by atoms with Crippen LogP contribution in [0.4, 0.5) is 10.7 Å². The highest BCUT2D eigenvalue weighted by Crippen LogP contribution is 2.18. The Morgan fingerprint density at radius 3 is 2.40 bits per heavy atom. The van der Waals surface area contributed by atoms with E-state index in [0.717, 1.165) is 0 Å². The predicted octanol–water partition coefficient (Wildman–Crippen LogP) is 1.18. The fraction of sp³-hybridized carbons (Fsp3) is 0.647. The van der Waals surface area contributed by atoms with Crippen molar-refractivity contribution >= 4 is 17.9 Å². The number of aromatic nitrogens is 2. The normalized spacial score (nSPS) is 14.9. The number of amides is 3. The zero-order valence-electron chi connectivity index (χ0n) is 15.1. The highest BCUT2D eigenvalue weighted by atomic mass is 16.2. The lowest BCUT2D eigenvalue weighted by Gasteiger charge is -2.34. The van der Waals surface area contributed by atoms with Gasteiger partial charge in [0.05, 0.1) is 0 Å². The van der Waals surface area contributed by atoms with E-state index >= 15 is 0 Å². The molecule has 1 aliphatic heterocycles. The van der Waals surface area contributed by atoms with Gasteiger partial charge in [0.1, 0.15) is 0 Å². The Balaban J connectivity index is 1.66. The second kappa shape index (κ2) is 9.80. The molecule has 2 N–H and O–H groups in total. The van der Waals surface area contributed by atoms with Crippen molar-refractivity contribution in [3.8, 4) is 0 Å². The van der Waals surface area contributed by atoms with Gasteiger partial charge in [0.2, 0.25) is 11.9 Å².